The third-order valence-corrected chi connectivity index (χ3v) is 12.3. The Morgan fingerprint density at radius 1 is 0.235 bits per heavy atom. The van der Waals surface area contributed by atoms with Crippen molar-refractivity contribution in [1.82, 2.24) is 9.97 Å². The number of hydrogen-bond acceptors (Lipinski definition) is 6. The fraction of sp³-hybridized carbons (Fsp3) is 0. The van der Waals surface area contributed by atoms with Gasteiger partial charge in [-0.2, -0.15) is 0 Å². The van der Waals surface area contributed by atoms with Crippen molar-refractivity contribution in [2.24, 2.45) is 0 Å². The summed E-state index contributed by atoms with van der Waals surface area (Å²) in [5.74, 6) is 1.21. The summed E-state index contributed by atoms with van der Waals surface area (Å²) in [4.78, 5) is 14.0. The smallest absolute Gasteiger partial charge is 0.227 e. The molecule has 0 atom stereocenters. The number of para-hydroxylation sites is 6. The third kappa shape index (κ3) is 7.97. The normalized spacial score (nSPS) is 11.2. The van der Waals surface area contributed by atoms with E-state index < -0.39 is 0 Å². The summed E-state index contributed by atoms with van der Waals surface area (Å²) in [5, 5.41) is 0. The SMILES string of the molecule is c1ccc(N(c2ccc(-c3nc4ccccc4o3)cc2)c2cccc(-c3cccc(-c4cccc(-c5cccc(N(c6ccccc6)c6ccc(-c7nc8ccccc8o7)cc6)c5)c4)c3)c2)cc1. The number of rotatable bonds is 11. The zero-order valence-electron chi connectivity index (χ0n) is 36.9. The Kier molecular flexibility index (Phi) is 10.4. The highest BCUT2D eigenvalue weighted by atomic mass is 16.4. The van der Waals surface area contributed by atoms with Gasteiger partial charge in [-0.1, -0.05) is 121 Å². The molecule has 0 saturated heterocycles. The van der Waals surface area contributed by atoms with E-state index in [4.69, 9.17) is 18.8 Å². The van der Waals surface area contributed by atoms with Crippen molar-refractivity contribution in [2.45, 2.75) is 0 Å². The number of aromatic nitrogens is 2. The second-order valence-electron chi connectivity index (χ2n) is 16.7. The summed E-state index contributed by atoms with van der Waals surface area (Å²) in [5.41, 5.74) is 18.2. The number of anilines is 6. The molecule has 0 aliphatic heterocycles. The lowest BCUT2D eigenvalue weighted by Gasteiger charge is -2.26. The van der Waals surface area contributed by atoms with Crippen molar-refractivity contribution in [1.29, 1.82) is 0 Å². The van der Waals surface area contributed by atoms with E-state index in [1.54, 1.807) is 0 Å². The lowest BCUT2D eigenvalue weighted by molar-refractivity contribution is 0.619. The van der Waals surface area contributed by atoms with Crippen molar-refractivity contribution in [3.63, 3.8) is 0 Å². The molecule has 0 saturated carbocycles. The maximum Gasteiger partial charge on any atom is 0.227 e. The zero-order chi connectivity index (χ0) is 45.2. The molecular formula is C62H42N4O2. The fourth-order valence-corrected chi connectivity index (χ4v) is 8.95. The predicted octanol–water partition coefficient (Wildman–Crippen LogP) is 17.2. The molecule has 10 aromatic carbocycles. The lowest BCUT2D eigenvalue weighted by Crippen LogP contribution is -2.09. The number of hydrogen-bond donors (Lipinski definition) is 0. The van der Waals surface area contributed by atoms with Gasteiger partial charge in [0.05, 0.1) is 0 Å². The van der Waals surface area contributed by atoms with E-state index in [1.807, 2.05) is 60.7 Å². The van der Waals surface area contributed by atoms with Gasteiger partial charge in [-0.15, -0.1) is 0 Å². The summed E-state index contributed by atoms with van der Waals surface area (Å²) >= 11 is 0. The van der Waals surface area contributed by atoms with Crippen LogP contribution >= 0.6 is 0 Å². The molecule has 12 rings (SSSR count). The lowest BCUT2D eigenvalue weighted by atomic mass is 9.95. The molecule has 0 aliphatic rings. The average Bonchev–Trinajstić information content (AvgIpc) is 4.06. The van der Waals surface area contributed by atoms with Gasteiger partial charge >= 0.3 is 0 Å². The first kappa shape index (κ1) is 40.3. The minimum atomic E-state index is 0.607. The Balaban J connectivity index is 0.837. The Morgan fingerprint density at radius 2 is 0.544 bits per heavy atom. The second kappa shape index (κ2) is 17.6. The molecule has 0 amide bonds. The molecule has 2 aromatic heterocycles. The minimum absolute atomic E-state index is 0.607. The Morgan fingerprint density at radius 3 is 0.926 bits per heavy atom. The Labute approximate surface area is 394 Å². The maximum atomic E-state index is 6.09. The molecule has 6 nitrogen and oxygen atoms in total. The first-order valence-corrected chi connectivity index (χ1v) is 22.7. The molecule has 6 heteroatoms. The molecule has 0 radical (unpaired) electrons. The van der Waals surface area contributed by atoms with Gasteiger partial charge in [0.15, 0.2) is 11.2 Å². The predicted molar refractivity (Wildman–Crippen MR) is 278 cm³/mol. The van der Waals surface area contributed by atoms with E-state index in [0.29, 0.717) is 11.8 Å². The molecule has 322 valence electrons. The van der Waals surface area contributed by atoms with Crippen molar-refractivity contribution in [3.8, 4) is 56.3 Å². The third-order valence-electron chi connectivity index (χ3n) is 12.3. The van der Waals surface area contributed by atoms with Crippen LogP contribution in [-0.2, 0) is 0 Å². The highest BCUT2D eigenvalue weighted by Crippen LogP contribution is 2.40. The van der Waals surface area contributed by atoms with Gasteiger partial charge in [-0.05, 0) is 167 Å². The molecule has 12 aromatic rings. The summed E-state index contributed by atoms with van der Waals surface area (Å²) in [6.07, 6.45) is 0. The molecule has 0 aliphatic carbocycles. The topological polar surface area (TPSA) is 58.5 Å². The number of nitrogens with zero attached hydrogens (tertiary/aromatic N) is 4. The molecule has 0 N–H and O–H groups in total. The van der Waals surface area contributed by atoms with E-state index in [9.17, 15) is 0 Å². The van der Waals surface area contributed by atoms with Crippen molar-refractivity contribution in [2.75, 3.05) is 9.80 Å². The maximum absolute atomic E-state index is 6.09. The fourth-order valence-electron chi connectivity index (χ4n) is 8.95. The molecule has 0 fully saturated rings. The van der Waals surface area contributed by atoms with Crippen LogP contribution in [0.25, 0.3) is 78.5 Å². The standard InChI is InChI=1S/C62H42N4O2/c1-3-21-51(22-4-1)65(53-35-31-43(32-36-53)61-63-57-27-7-9-29-59(57)67-61)55-25-13-19-49(41-55)47-17-11-15-45(39-47)46-16-12-18-48(40-46)50-20-14-26-56(42-50)66(52-23-5-2-6-24-52)54-37-33-44(34-38-54)62-64-58-28-8-10-30-60(58)68-62/h1-42H. The summed E-state index contributed by atoms with van der Waals surface area (Å²) < 4.78 is 12.2. The van der Waals surface area contributed by atoms with Crippen molar-refractivity contribution >= 4 is 56.3 Å². The highest BCUT2D eigenvalue weighted by molar-refractivity contribution is 5.85. The molecule has 0 bridgehead atoms. The van der Waals surface area contributed by atoms with Crippen molar-refractivity contribution in [3.05, 3.63) is 255 Å². The molecule has 0 unspecified atom stereocenters. The number of benzene rings is 10. The zero-order valence-corrected chi connectivity index (χ0v) is 36.9. The van der Waals surface area contributed by atoms with Crippen LogP contribution in [0.5, 0.6) is 0 Å². The summed E-state index contributed by atoms with van der Waals surface area (Å²) in [6.45, 7) is 0. The van der Waals surface area contributed by atoms with Crippen LogP contribution in [0.4, 0.5) is 34.1 Å². The van der Waals surface area contributed by atoms with Gasteiger partial charge < -0.3 is 18.6 Å². The van der Waals surface area contributed by atoms with Crippen LogP contribution in [0, 0.1) is 0 Å². The van der Waals surface area contributed by atoms with E-state index in [2.05, 4.69) is 204 Å². The van der Waals surface area contributed by atoms with Crippen LogP contribution in [0.15, 0.2) is 264 Å². The Bertz CT molecular complexity index is 3380. The summed E-state index contributed by atoms with van der Waals surface area (Å²) in [7, 11) is 0. The van der Waals surface area contributed by atoms with Crippen molar-refractivity contribution < 1.29 is 8.83 Å². The monoisotopic (exact) mass is 874 g/mol. The average molecular weight is 875 g/mol. The van der Waals surface area contributed by atoms with Crippen LogP contribution in [-0.4, -0.2) is 9.97 Å². The quantitative estimate of drug-likeness (QED) is 0.129. The first-order chi connectivity index (χ1) is 33.7. The molecule has 68 heavy (non-hydrogen) atoms. The minimum Gasteiger partial charge on any atom is -0.436 e. The number of fused-ring (bicyclic) bond motifs is 2. The van der Waals surface area contributed by atoms with Gasteiger partial charge in [-0.3, -0.25) is 0 Å². The summed E-state index contributed by atoms with van der Waals surface area (Å²) in [6, 6.07) is 88.7. The van der Waals surface area contributed by atoms with E-state index in [0.717, 1.165) is 101 Å². The first-order valence-electron chi connectivity index (χ1n) is 22.7. The number of oxazole rings is 2. The van der Waals surface area contributed by atoms with Crippen LogP contribution in [0.1, 0.15) is 0 Å². The van der Waals surface area contributed by atoms with Crippen LogP contribution in [0.2, 0.25) is 0 Å². The molecule has 0 spiro atoms. The van der Waals surface area contributed by atoms with Gasteiger partial charge in [0.2, 0.25) is 11.8 Å². The van der Waals surface area contributed by atoms with Gasteiger partial charge in [0, 0.05) is 45.3 Å². The highest BCUT2D eigenvalue weighted by Gasteiger charge is 2.18. The van der Waals surface area contributed by atoms with Gasteiger partial charge in [-0.25, -0.2) is 9.97 Å². The second-order valence-corrected chi connectivity index (χ2v) is 16.7. The largest absolute Gasteiger partial charge is 0.436 e. The molecular weight excluding hydrogens is 833 g/mol. The van der Waals surface area contributed by atoms with E-state index in [-0.39, 0.29) is 0 Å². The van der Waals surface area contributed by atoms with Crippen LogP contribution < -0.4 is 9.80 Å². The van der Waals surface area contributed by atoms with Crippen LogP contribution in [0.3, 0.4) is 0 Å². The van der Waals surface area contributed by atoms with E-state index in [1.165, 1.54) is 0 Å². The van der Waals surface area contributed by atoms with Gasteiger partial charge in [0.25, 0.3) is 0 Å². The Hall–Kier alpha value is -9.26. The van der Waals surface area contributed by atoms with E-state index >= 15 is 0 Å². The molecule has 2 heterocycles. The van der Waals surface area contributed by atoms with Gasteiger partial charge in [0.1, 0.15) is 11.0 Å².